The molecule has 5 rings (SSSR count). The van der Waals surface area contributed by atoms with Crippen LogP contribution in [0.2, 0.25) is 0 Å². The van der Waals surface area contributed by atoms with E-state index in [0.29, 0.717) is 25.6 Å². The number of imide groups is 1. The van der Waals surface area contributed by atoms with E-state index in [1.165, 1.54) is 4.90 Å². The third-order valence-corrected chi connectivity index (χ3v) is 5.60. The first-order valence-electron chi connectivity index (χ1n) is 9.18. The Morgan fingerprint density at radius 2 is 1.65 bits per heavy atom. The zero-order valence-corrected chi connectivity index (χ0v) is 14.4. The molecule has 0 N–H and O–H groups in total. The normalized spacial score (nSPS) is 25.1. The fraction of sp³-hybridized carbons (Fsp3) is 0.400. The van der Waals surface area contributed by atoms with Gasteiger partial charge in [0.15, 0.2) is 0 Å². The van der Waals surface area contributed by atoms with Gasteiger partial charge in [-0.1, -0.05) is 30.3 Å². The molecule has 2 saturated heterocycles. The van der Waals surface area contributed by atoms with Crippen LogP contribution >= 0.6 is 0 Å². The summed E-state index contributed by atoms with van der Waals surface area (Å²) in [6.07, 6.45) is 4.09. The molecule has 2 amide bonds. The highest BCUT2D eigenvalue weighted by molar-refractivity contribution is 6.06. The van der Waals surface area contributed by atoms with Crippen LogP contribution in [0.4, 0.5) is 5.82 Å². The topological polar surface area (TPSA) is 66.4 Å². The summed E-state index contributed by atoms with van der Waals surface area (Å²) >= 11 is 0. The Balaban J connectivity index is 1.33. The first-order chi connectivity index (χ1) is 12.7. The van der Waals surface area contributed by atoms with Crippen LogP contribution in [0.5, 0.6) is 0 Å². The summed E-state index contributed by atoms with van der Waals surface area (Å²) < 4.78 is 0. The van der Waals surface area contributed by atoms with Crippen molar-refractivity contribution in [2.24, 2.45) is 11.8 Å². The van der Waals surface area contributed by atoms with E-state index in [2.05, 4.69) is 14.9 Å². The number of nitrogens with zero attached hydrogens (tertiary/aromatic N) is 4. The molecule has 1 saturated carbocycles. The molecule has 0 radical (unpaired) electrons. The van der Waals surface area contributed by atoms with Crippen molar-refractivity contribution in [3.8, 4) is 0 Å². The number of aromatic nitrogens is 2. The fourth-order valence-electron chi connectivity index (χ4n) is 4.00. The van der Waals surface area contributed by atoms with Crippen LogP contribution in [0.3, 0.4) is 0 Å². The Morgan fingerprint density at radius 3 is 2.31 bits per heavy atom. The van der Waals surface area contributed by atoms with E-state index in [1.54, 1.807) is 6.20 Å². The van der Waals surface area contributed by atoms with Crippen molar-refractivity contribution in [1.82, 2.24) is 14.9 Å². The Kier molecular flexibility index (Phi) is 3.51. The van der Waals surface area contributed by atoms with Crippen molar-refractivity contribution in [2.75, 3.05) is 18.0 Å². The highest BCUT2D eigenvalue weighted by atomic mass is 16.2. The van der Waals surface area contributed by atoms with Crippen molar-refractivity contribution >= 4 is 17.6 Å². The second-order valence-corrected chi connectivity index (χ2v) is 7.41. The Hall–Kier alpha value is -2.76. The molecule has 1 aromatic heterocycles. The second-order valence-electron chi connectivity index (χ2n) is 7.41. The lowest BCUT2D eigenvalue weighted by atomic mass is 10.00. The minimum Gasteiger partial charge on any atom is -0.355 e. The lowest BCUT2D eigenvalue weighted by Gasteiger charge is -2.21. The van der Waals surface area contributed by atoms with Crippen LogP contribution in [-0.4, -0.2) is 39.8 Å². The van der Waals surface area contributed by atoms with Crippen LogP contribution in [0.1, 0.15) is 30.1 Å². The third kappa shape index (κ3) is 2.57. The number of hydrogen-bond acceptors (Lipinski definition) is 5. The molecule has 3 fully saturated rings. The lowest BCUT2D eigenvalue weighted by Crippen LogP contribution is -2.35. The molecule has 6 heteroatoms. The summed E-state index contributed by atoms with van der Waals surface area (Å²) in [4.78, 5) is 38.1. The molecule has 2 aliphatic heterocycles. The number of rotatable bonds is 4. The minimum atomic E-state index is -0.259. The highest BCUT2D eigenvalue weighted by Crippen LogP contribution is 2.39. The summed E-state index contributed by atoms with van der Waals surface area (Å²) in [6.45, 7) is 1.48. The van der Waals surface area contributed by atoms with Gasteiger partial charge in [0.1, 0.15) is 11.6 Å². The standard InChI is InChI=1S/C20H20N4O2/c25-19-15-11-23(17-8-9-21-18(22-17)14-6-7-14)12-16(15)20(26)24(19)10-13-4-2-1-3-5-13/h1-5,8-9,14-16H,6-7,10-12H2. The summed E-state index contributed by atoms with van der Waals surface area (Å²) in [6, 6.07) is 11.6. The molecule has 6 nitrogen and oxygen atoms in total. The van der Waals surface area contributed by atoms with Gasteiger partial charge in [0.2, 0.25) is 11.8 Å². The van der Waals surface area contributed by atoms with Gasteiger partial charge in [-0.25, -0.2) is 9.97 Å². The molecule has 3 heterocycles. The molecule has 0 spiro atoms. The van der Waals surface area contributed by atoms with Crippen molar-refractivity contribution in [3.63, 3.8) is 0 Å². The smallest absolute Gasteiger partial charge is 0.235 e. The van der Waals surface area contributed by atoms with Gasteiger partial charge in [0, 0.05) is 25.2 Å². The van der Waals surface area contributed by atoms with Gasteiger partial charge in [-0.2, -0.15) is 0 Å². The second kappa shape index (κ2) is 5.90. The molecule has 132 valence electrons. The number of benzene rings is 1. The number of anilines is 1. The zero-order valence-electron chi connectivity index (χ0n) is 14.4. The van der Waals surface area contributed by atoms with E-state index < -0.39 is 0 Å². The van der Waals surface area contributed by atoms with Gasteiger partial charge in [-0.05, 0) is 24.5 Å². The van der Waals surface area contributed by atoms with Crippen molar-refractivity contribution in [3.05, 3.63) is 54.0 Å². The Morgan fingerprint density at radius 1 is 0.962 bits per heavy atom. The Bertz CT molecular complexity index is 841. The van der Waals surface area contributed by atoms with Crippen LogP contribution in [-0.2, 0) is 16.1 Å². The molecule has 2 atom stereocenters. The number of carbonyl (C=O) groups is 2. The lowest BCUT2D eigenvalue weighted by molar-refractivity contribution is -0.140. The van der Waals surface area contributed by atoms with Crippen molar-refractivity contribution in [2.45, 2.75) is 25.3 Å². The summed E-state index contributed by atoms with van der Waals surface area (Å²) in [5.41, 5.74) is 0.982. The highest BCUT2D eigenvalue weighted by Gasteiger charge is 2.52. The molecule has 26 heavy (non-hydrogen) atoms. The molecular formula is C20H20N4O2. The number of carbonyl (C=O) groups excluding carboxylic acids is 2. The molecule has 1 aromatic carbocycles. The minimum absolute atomic E-state index is 0.0529. The van der Waals surface area contributed by atoms with E-state index in [1.807, 2.05) is 36.4 Å². The number of fused-ring (bicyclic) bond motifs is 1. The van der Waals surface area contributed by atoms with E-state index >= 15 is 0 Å². The number of likely N-dealkylation sites (tertiary alicyclic amines) is 1. The van der Waals surface area contributed by atoms with Gasteiger partial charge < -0.3 is 4.90 Å². The summed E-state index contributed by atoms with van der Waals surface area (Å²) in [5.74, 6) is 1.60. The third-order valence-electron chi connectivity index (χ3n) is 5.60. The molecule has 1 aliphatic carbocycles. The zero-order chi connectivity index (χ0) is 17.7. The van der Waals surface area contributed by atoms with Crippen LogP contribution in [0.15, 0.2) is 42.6 Å². The monoisotopic (exact) mass is 348 g/mol. The SMILES string of the molecule is O=C1C2CN(c3ccnc(C4CC4)n3)CC2C(=O)N1Cc1ccccc1. The Labute approximate surface area is 151 Å². The maximum Gasteiger partial charge on any atom is 0.235 e. The van der Waals surface area contributed by atoms with Crippen LogP contribution < -0.4 is 4.90 Å². The maximum atomic E-state index is 12.8. The van der Waals surface area contributed by atoms with Gasteiger partial charge in [-0.3, -0.25) is 14.5 Å². The molecule has 2 unspecified atom stereocenters. The maximum absolute atomic E-state index is 12.8. The predicted molar refractivity (Wildman–Crippen MR) is 95.2 cm³/mol. The number of amides is 2. The molecule has 3 aliphatic rings. The van der Waals surface area contributed by atoms with E-state index in [-0.39, 0.29) is 23.7 Å². The quantitative estimate of drug-likeness (QED) is 0.791. The molecule has 2 aromatic rings. The van der Waals surface area contributed by atoms with E-state index in [9.17, 15) is 9.59 Å². The van der Waals surface area contributed by atoms with Gasteiger partial charge in [0.05, 0.1) is 18.4 Å². The van der Waals surface area contributed by atoms with E-state index in [4.69, 9.17) is 0 Å². The van der Waals surface area contributed by atoms with E-state index in [0.717, 1.165) is 30.0 Å². The van der Waals surface area contributed by atoms with Crippen molar-refractivity contribution in [1.29, 1.82) is 0 Å². The van der Waals surface area contributed by atoms with Crippen LogP contribution in [0, 0.1) is 11.8 Å². The fourth-order valence-corrected chi connectivity index (χ4v) is 4.00. The summed E-state index contributed by atoms with van der Waals surface area (Å²) in [7, 11) is 0. The van der Waals surface area contributed by atoms with Gasteiger partial charge in [0.25, 0.3) is 0 Å². The first kappa shape index (κ1) is 15.5. The average Bonchev–Trinajstić information content (AvgIpc) is 3.40. The number of hydrogen-bond donors (Lipinski definition) is 0. The summed E-state index contributed by atoms with van der Waals surface area (Å²) in [5, 5.41) is 0. The van der Waals surface area contributed by atoms with Crippen LogP contribution in [0.25, 0.3) is 0 Å². The largest absolute Gasteiger partial charge is 0.355 e. The molecular weight excluding hydrogens is 328 g/mol. The average molecular weight is 348 g/mol. The predicted octanol–water partition coefficient (Wildman–Crippen LogP) is 1.98. The van der Waals surface area contributed by atoms with Crippen molar-refractivity contribution < 1.29 is 9.59 Å². The molecule has 0 bridgehead atoms. The van der Waals surface area contributed by atoms with Gasteiger partial charge in [-0.15, -0.1) is 0 Å². The first-order valence-corrected chi connectivity index (χ1v) is 9.18. The van der Waals surface area contributed by atoms with Gasteiger partial charge >= 0.3 is 0 Å².